The number of anilines is 1. The van der Waals surface area contributed by atoms with E-state index in [1.54, 1.807) is 49.5 Å². The van der Waals surface area contributed by atoms with Gasteiger partial charge in [0.1, 0.15) is 17.3 Å². The van der Waals surface area contributed by atoms with Crippen molar-refractivity contribution in [3.63, 3.8) is 0 Å². The zero-order valence-electron chi connectivity index (χ0n) is 16.9. The van der Waals surface area contributed by atoms with Crippen molar-refractivity contribution in [1.29, 1.82) is 0 Å². The van der Waals surface area contributed by atoms with Gasteiger partial charge in [0.15, 0.2) is 0 Å². The van der Waals surface area contributed by atoms with Gasteiger partial charge >= 0.3 is 6.03 Å². The Morgan fingerprint density at radius 3 is 2.53 bits per heavy atom. The lowest BCUT2D eigenvalue weighted by Crippen LogP contribution is -2.43. The molecule has 0 aromatic heterocycles. The molecule has 5 nitrogen and oxygen atoms in total. The summed E-state index contributed by atoms with van der Waals surface area (Å²) < 4.78 is 24.2. The number of hydrogen-bond acceptors (Lipinski definition) is 3. The molecule has 0 fully saturated rings. The van der Waals surface area contributed by atoms with Crippen molar-refractivity contribution in [3.05, 3.63) is 89.2 Å². The number of amides is 2. The number of methoxy groups -OCH3 is 2. The van der Waals surface area contributed by atoms with Gasteiger partial charge in [-0.05, 0) is 47.4 Å². The smallest absolute Gasteiger partial charge is 0.322 e. The number of urea groups is 1. The zero-order chi connectivity index (χ0) is 21.1. The number of benzene rings is 3. The molecule has 1 aliphatic heterocycles. The molecule has 3 aromatic carbocycles. The van der Waals surface area contributed by atoms with E-state index < -0.39 is 0 Å². The fourth-order valence-electron chi connectivity index (χ4n) is 3.89. The first-order chi connectivity index (χ1) is 14.6. The second kappa shape index (κ2) is 8.45. The molecule has 0 aliphatic carbocycles. The van der Waals surface area contributed by atoms with Gasteiger partial charge < -0.3 is 19.7 Å². The van der Waals surface area contributed by atoms with Crippen LogP contribution in [0.4, 0.5) is 14.9 Å². The van der Waals surface area contributed by atoms with E-state index in [0.717, 1.165) is 17.5 Å². The van der Waals surface area contributed by atoms with Crippen LogP contribution in [0, 0.1) is 5.82 Å². The molecule has 0 unspecified atom stereocenters. The highest BCUT2D eigenvalue weighted by Crippen LogP contribution is 2.36. The van der Waals surface area contributed by atoms with Gasteiger partial charge in [-0.15, -0.1) is 0 Å². The van der Waals surface area contributed by atoms with E-state index in [4.69, 9.17) is 9.47 Å². The molecule has 0 bridgehead atoms. The first-order valence-electron chi connectivity index (χ1n) is 9.73. The zero-order valence-corrected chi connectivity index (χ0v) is 16.9. The average molecular weight is 406 g/mol. The third-order valence-corrected chi connectivity index (χ3v) is 5.38. The van der Waals surface area contributed by atoms with E-state index in [1.807, 2.05) is 18.2 Å². The van der Waals surface area contributed by atoms with E-state index >= 15 is 0 Å². The van der Waals surface area contributed by atoms with Gasteiger partial charge in [0, 0.05) is 12.6 Å². The van der Waals surface area contributed by atoms with Crippen LogP contribution in [0.3, 0.4) is 0 Å². The van der Waals surface area contributed by atoms with E-state index in [-0.39, 0.29) is 17.9 Å². The summed E-state index contributed by atoms with van der Waals surface area (Å²) in [6.45, 7) is 0.539. The Kier molecular flexibility index (Phi) is 5.57. The number of carbonyl (C=O) groups excluding carboxylic acids is 1. The summed E-state index contributed by atoms with van der Waals surface area (Å²) in [7, 11) is 3.12. The summed E-state index contributed by atoms with van der Waals surface area (Å²) in [6, 6.07) is 19.0. The van der Waals surface area contributed by atoms with E-state index in [0.29, 0.717) is 23.7 Å². The average Bonchev–Trinajstić information content (AvgIpc) is 2.78. The monoisotopic (exact) mass is 406 g/mol. The molecule has 0 spiro atoms. The molecule has 2 amide bonds. The van der Waals surface area contributed by atoms with Gasteiger partial charge in [-0.1, -0.05) is 36.4 Å². The summed E-state index contributed by atoms with van der Waals surface area (Å²) >= 11 is 0. The molecule has 6 heteroatoms. The minimum atomic E-state index is -0.313. The van der Waals surface area contributed by atoms with Crippen LogP contribution in [0.5, 0.6) is 11.5 Å². The minimum Gasteiger partial charge on any atom is -0.497 e. The molecule has 1 heterocycles. The molecular weight excluding hydrogens is 383 g/mol. The number of fused-ring (bicyclic) bond motifs is 1. The van der Waals surface area contributed by atoms with Gasteiger partial charge in [0.2, 0.25) is 0 Å². The van der Waals surface area contributed by atoms with Gasteiger partial charge in [-0.2, -0.15) is 0 Å². The third kappa shape index (κ3) is 3.81. The van der Waals surface area contributed by atoms with E-state index in [1.165, 1.54) is 17.7 Å². The summed E-state index contributed by atoms with van der Waals surface area (Å²) in [4.78, 5) is 15.1. The molecule has 1 atom stereocenters. The van der Waals surface area contributed by atoms with Crippen LogP contribution in [-0.2, 0) is 6.42 Å². The highest BCUT2D eigenvalue weighted by molar-refractivity contribution is 5.92. The summed E-state index contributed by atoms with van der Waals surface area (Å²) in [6.07, 6.45) is 0.747. The number of rotatable bonds is 4. The number of hydrogen-bond donors (Lipinski definition) is 1. The van der Waals surface area contributed by atoms with Crippen molar-refractivity contribution in [1.82, 2.24) is 4.90 Å². The predicted molar refractivity (Wildman–Crippen MR) is 114 cm³/mol. The number of halogens is 1. The lowest BCUT2D eigenvalue weighted by molar-refractivity contribution is 0.194. The number of nitrogens with zero attached hydrogens (tertiary/aromatic N) is 1. The Labute approximate surface area is 175 Å². The molecule has 0 saturated carbocycles. The molecule has 4 rings (SSSR count). The first kappa shape index (κ1) is 19.8. The van der Waals surface area contributed by atoms with Crippen LogP contribution in [0.15, 0.2) is 66.7 Å². The lowest BCUT2D eigenvalue weighted by Gasteiger charge is -2.37. The van der Waals surface area contributed by atoms with Crippen molar-refractivity contribution >= 4 is 11.7 Å². The van der Waals surface area contributed by atoms with Crippen molar-refractivity contribution in [2.24, 2.45) is 0 Å². The van der Waals surface area contributed by atoms with Crippen molar-refractivity contribution < 1.29 is 18.7 Å². The van der Waals surface area contributed by atoms with Gasteiger partial charge in [0.05, 0.1) is 25.9 Å². The largest absolute Gasteiger partial charge is 0.497 e. The van der Waals surface area contributed by atoms with Gasteiger partial charge in [-0.25, -0.2) is 9.18 Å². The second-order valence-corrected chi connectivity index (χ2v) is 7.09. The Hall–Kier alpha value is -3.54. The maximum absolute atomic E-state index is 13.5. The Morgan fingerprint density at radius 1 is 1.03 bits per heavy atom. The topological polar surface area (TPSA) is 50.8 Å². The predicted octanol–water partition coefficient (Wildman–Crippen LogP) is 5.02. The quantitative estimate of drug-likeness (QED) is 0.662. The minimum absolute atomic E-state index is 0.259. The molecule has 3 aromatic rings. The fraction of sp³-hybridized carbons (Fsp3) is 0.208. The normalized spacial score (nSPS) is 15.3. The van der Waals surface area contributed by atoms with Gasteiger partial charge in [-0.3, -0.25) is 0 Å². The standard InChI is InChI=1S/C24H23FN2O3/c1-29-19-11-12-22(30-2)21(15-19)26-24(28)27-14-13-16-5-3-4-6-20(16)23(27)17-7-9-18(25)10-8-17/h3-12,15,23H,13-14H2,1-2H3,(H,26,28)/t23-/m0/s1. The summed E-state index contributed by atoms with van der Waals surface area (Å²) in [5.74, 6) is 0.852. The van der Waals surface area contributed by atoms with Crippen molar-refractivity contribution in [3.8, 4) is 11.5 Å². The number of nitrogens with one attached hydrogen (secondary N) is 1. The number of ether oxygens (including phenoxy) is 2. The number of carbonyl (C=O) groups is 1. The lowest BCUT2D eigenvalue weighted by atomic mass is 9.88. The molecule has 0 saturated heterocycles. The molecule has 1 N–H and O–H groups in total. The molecule has 30 heavy (non-hydrogen) atoms. The Bertz CT molecular complexity index is 1050. The molecule has 154 valence electrons. The Balaban J connectivity index is 1.70. The van der Waals surface area contributed by atoms with Crippen LogP contribution in [0.1, 0.15) is 22.7 Å². The van der Waals surface area contributed by atoms with E-state index in [9.17, 15) is 9.18 Å². The first-order valence-corrected chi connectivity index (χ1v) is 9.73. The summed E-state index contributed by atoms with van der Waals surface area (Å²) in [5.41, 5.74) is 3.62. The van der Waals surface area contributed by atoms with E-state index in [2.05, 4.69) is 11.4 Å². The molecule has 1 aliphatic rings. The van der Waals surface area contributed by atoms with Crippen LogP contribution in [0.25, 0.3) is 0 Å². The van der Waals surface area contributed by atoms with Gasteiger partial charge in [0.25, 0.3) is 0 Å². The third-order valence-electron chi connectivity index (χ3n) is 5.38. The van der Waals surface area contributed by atoms with Crippen LogP contribution < -0.4 is 14.8 Å². The summed E-state index contributed by atoms with van der Waals surface area (Å²) in [5, 5.41) is 2.96. The fourth-order valence-corrected chi connectivity index (χ4v) is 3.89. The SMILES string of the molecule is COc1ccc(OC)c(NC(=O)N2CCc3ccccc3[C@@H]2c2ccc(F)cc2)c1. The molecule has 0 radical (unpaired) electrons. The van der Waals surface area contributed by atoms with Crippen LogP contribution >= 0.6 is 0 Å². The van der Waals surface area contributed by atoms with Crippen LogP contribution in [-0.4, -0.2) is 31.7 Å². The van der Waals surface area contributed by atoms with Crippen molar-refractivity contribution in [2.75, 3.05) is 26.1 Å². The Morgan fingerprint density at radius 2 is 1.80 bits per heavy atom. The highest BCUT2D eigenvalue weighted by Gasteiger charge is 2.32. The van der Waals surface area contributed by atoms with Crippen LogP contribution in [0.2, 0.25) is 0 Å². The maximum atomic E-state index is 13.5. The highest BCUT2D eigenvalue weighted by atomic mass is 19.1. The maximum Gasteiger partial charge on any atom is 0.322 e. The second-order valence-electron chi connectivity index (χ2n) is 7.09. The molecular formula is C24H23FN2O3. The van der Waals surface area contributed by atoms with Crippen molar-refractivity contribution in [2.45, 2.75) is 12.5 Å².